The maximum absolute atomic E-state index is 12.7. The zero-order chi connectivity index (χ0) is 17.8. The van der Waals surface area contributed by atoms with E-state index in [1.54, 1.807) is 20.2 Å². The highest BCUT2D eigenvalue weighted by molar-refractivity contribution is 5.93. The molecule has 0 saturated heterocycles. The molecular formula is C16H28N6O2. The van der Waals surface area contributed by atoms with E-state index in [0.29, 0.717) is 6.42 Å². The van der Waals surface area contributed by atoms with E-state index < -0.39 is 11.1 Å². The highest BCUT2D eigenvalue weighted by Crippen LogP contribution is 2.19. The molecule has 2 rings (SSSR count). The number of nitrogens with two attached hydrogens (primary N) is 1. The van der Waals surface area contributed by atoms with Gasteiger partial charge < -0.3 is 11.1 Å². The molecule has 0 amide bonds. The number of fused-ring (bicyclic) bond motifs is 1. The number of aromatic nitrogens is 3. The van der Waals surface area contributed by atoms with Crippen LogP contribution in [0.4, 0.5) is 0 Å². The molecule has 2 heterocycles. The number of rotatable bonds is 3. The molecule has 0 spiro atoms. The fourth-order valence-corrected chi connectivity index (χ4v) is 3.07. The van der Waals surface area contributed by atoms with Gasteiger partial charge >= 0.3 is 0 Å². The summed E-state index contributed by atoms with van der Waals surface area (Å²) in [7, 11) is 1.80. The molecule has 2 atom stereocenters. The minimum Gasteiger partial charge on any atom is -0.324 e. The van der Waals surface area contributed by atoms with Crippen molar-refractivity contribution in [3.05, 3.63) is 11.9 Å². The largest absolute Gasteiger partial charge is 0.324 e. The summed E-state index contributed by atoms with van der Waals surface area (Å²) in [5.41, 5.74) is 4.93. The van der Waals surface area contributed by atoms with Crippen LogP contribution in [0.1, 0.15) is 38.8 Å². The van der Waals surface area contributed by atoms with Crippen LogP contribution in [0.5, 0.6) is 0 Å². The number of hydrogen-bond donors (Lipinski definition) is 3. The van der Waals surface area contributed by atoms with Crippen LogP contribution in [-0.2, 0) is 22.6 Å². The van der Waals surface area contributed by atoms with Crippen molar-refractivity contribution in [1.29, 1.82) is 0 Å². The number of carbonyl (C=O) groups is 2. The molecule has 1 aliphatic heterocycles. The second-order valence-corrected chi connectivity index (χ2v) is 6.90. The van der Waals surface area contributed by atoms with Gasteiger partial charge in [-0.2, -0.15) is 0 Å². The van der Waals surface area contributed by atoms with E-state index in [9.17, 15) is 9.59 Å². The molecule has 1 aromatic rings. The van der Waals surface area contributed by atoms with Gasteiger partial charge in [-0.3, -0.25) is 14.9 Å². The van der Waals surface area contributed by atoms with Gasteiger partial charge in [0, 0.05) is 13.0 Å². The van der Waals surface area contributed by atoms with Crippen molar-refractivity contribution in [3.8, 4) is 0 Å². The van der Waals surface area contributed by atoms with E-state index >= 15 is 0 Å². The molecule has 0 aliphatic carbocycles. The molecule has 8 nitrogen and oxygen atoms in total. The molecule has 0 fully saturated rings. The quantitative estimate of drug-likeness (QED) is 0.677. The number of nitrogens with zero attached hydrogens (tertiary/aromatic N) is 3. The summed E-state index contributed by atoms with van der Waals surface area (Å²) < 4.78 is 1.84. The summed E-state index contributed by atoms with van der Waals surface area (Å²) >= 11 is 0. The van der Waals surface area contributed by atoms with Crippen LogP contribution in [0.2, 0.25) is 0 Å². The normalized spacial score (nSPS) is 29.4. The van der Waals surface area contributed by atoms with E-state index in [4.69, 9.17) is 5.73 Å². The van der Waals surface area contributed by atoms with Gasteiger partial charge in [-0.1, -0.05) is 5.21 Å². The van der Waals surface area contributed by atoms with Gasteiger partial charge in [0.2, 0.25) is 0 Å². The van der Waals surface area contributed by atoms with Gasteiger partial charge in [-0.25, -0.2) is 4.68 Å². The minimum atomic E-state index is -0.919. The highest BCUT2D eigenvalue weighted by Gasteiger charge is 2.37. The number of ketones is 2. The number of carbonyl (C=O) groups excluding carboxylic acids is 2. The SMILES string of the molecule is CN[C@@]1(C)CCCCn2nncc2C[C@@](C)(C(=O)CN)NCC1=O. The average Bonchev–Trinajstić information content (AvgIpc) is 3.01. The highest BCUT2D eigenvalue weighted by atomic mass is 16.1. The van der Waals surface area contributed by atoms with Crippen molar-refractivity contribution in [1.82, 2.24) is 25.6 Å². The molecule has 0 bridgehead atoms. The van der Waals surface area contributed by atoms with Crippen molar-refractivity contribution < 1.29 is 9.59 Å². The van der Waals surface area contributed by atoms with E-state index in [0.717, 1.165) is 31.5 Å². The van der Waals surface area contributed by atoms with E-state index in [2.05, 4.69) is 20.9 Å². The van der Waals surface area contributed by atoms with Crippen molar-refractivity contribution in [2.75, 3.05) is 20.1 Å². The number of hydrogen-bond acceptors (Lipinski definition) is 7. The van der Waals surface area contributed by atoms with Crippen LogP contribution < -0.4 is 16.4 Å². The van der Waals surface area contributed by atoms with Gasteiger partial charge in [-0.05, 0) is 40.2 Å². The van der Waals surface area contributed by atoms with Crippen LogP contribution in [0.15, 0.2) is 6.20 Å². The Bertz CT molecular complexity index is 601. The van der Waals surface area contributed by atoms with Crippen molar-refractivity contribution in [3.63, 3.8) is 0 Å². The molecule has 4 N–H and O–H groups in total. The number of Topliss-reactive ketones (excluding diaryl/α,β-unsaturated/α-hetero) is 2. The predicted octanol–water partition coefficient (Wildman–Crippen LogP) is -0.572. The molecular weight excluding hydrogens is 308 g/mol. The average molecular weight is 336 g/mol. The zero-order valence-corrected chi connectivity index (χ0v) is 14.8. The van der Waals surface area contributed by atoms with E-state index in [1.807, 2.05) is 11.6 Å². The lowest BCUT2D eigenvalue weighted by Crippen LogP contribution is -2.59. The zero-order valence-electron chi connectivity index (χ0n) is 14.8. The van der Waals surface area contributed by atoms with Crippen molar-refractivity contribution in [2.45, 2.75) is 57.2 Å². The maximum atomic E-state index is 12.7. The first kappa shape index (κ1) is 18.7. The number of aryl methyl sites for hydroxylation is 1. The Hall–Kier alpha value is -1.64. The van der Waals surface area contributed by atoms with E-state index in [1.165, 1.54) is 0 Å². The smallest absolute Gasteiger partial charge is 0.166 e. The lowest BCUT2D eigenvalue weighted by Gasteiger charge is -2.33. The van der Waals surface area contributed by atoms with Gasteiger partial charge in [0.25, 0.3) is 0 Å². The third-order valence-corrected chi connectivity index (χ3v) is 5.14. The summed E-state index contributed by atoms with van der Waals surface area (Å²) in [5, 5.41) is 14.4. The molecule has 134 valence electrons. The Morgan fingerprint density at radius 1 is 1.46 bits per heavy atom. The molecule has 1 aliphatic rings. The lowest BCUT2D eigenvalue weighted by atomic mass is 9.86. The van der Waals surface area contributed by atoms with Crippen molar-refractivity contribution >= 4 is 11.6 Å². The lowest BCUT2D eigenvalue weighted by molar-refractivity contribution is -0.126. The van der Waals surface area contributed by atoms with Gasteiger partial charge in [0.15, 0.2) is 11.6 Å². The van der Waals surface area contributed by atoms with Crippen LogP contribution in [0, 0.1) is 0 Å². The molecule has 8 heteroatoms. The molecule has 1 aromatic heterocycles. The Morgan fingerprint density at radius 2 is 2.21 bits per heavy atom. The third kappa shape index (κ3) is 3.88. The second-order valence-electron chi connectivity index (χ2n) is 6.90. The first-order valence-corrected chi connectivity index (χ1v) is 8.42. The Morgan fingerprint density at radius 3 is 2.88 bits per heavy atom. The standard InChI is InChI=1S/C16H28N6O2/c1-15(18-3)6-4-5-7-22-12(10-20-21-22)8-16(2,13(23)9-17)19-11-14(15)24/h10,18-19H,4-9,11,17H2,1-3H3/t15-,16-/m0/s1. The fraction of sp³-hybridized carbons (Fsp3) is 0.750. The Balaban J connectivity index is 2.32. The van der Waals surface area contributed by atoms with Gasteiger partial charge in [0.05, 0.1) is 36.1 Å². The first-order chi connectivity index (χ1) is 11.3. The first-order valence-electron chi connectivity index (χ1n) is 8.42. The van der Waals surface area contributed by atoms with Crippen LogP contribution in [0.25, 0.3) is 0 Å². The minimum absolute atomic E-state index is 0.0493. The van der Waals surface area contributed by atoms with Crippen LogP contribution >= 0.6 is 0 Å². The maximum Gasteiger partial charge on any atom is 0.166 e. The Labute approximate surface area is 142 Å². The third-order valence-electron chi connectivity index (χ3n) is 5.14. The van der Waals surface area contributed by atoms with Crippen LogP contribution in [-0.4, -0.2) is 57.8 Å². The molecule has 0 radical (unpaired) electrons. The van der Waals surface area contributed by atoms with Crippen LogP contribution in [0.3, 0.4) is 0 Å². The molecule has 24 heavy (non-hydrogen) atoms. The second kappa shape index (κ2) is 7.50. The summed E-state index contributed by atoms with van der Waals surface area (Å²) in [6.07, 6.45) is 4.61. The number of likely N-dealkylation sites (N-methyl/N-ethyl adjacent to an activating group) is 1. The summed E-state index contributed by atoms with van der Waals surface area (Å²) in [4.78, 5) is 25.1. The number of nitrogens with one attached hydrogen (secondary N) is 2. The molecule has 0 unspecified atom stereocenters. The monoisotopic (exact) mass is 336 g/mol. The summed E-state index contributed by atoms with van der Waals surface area (Å²) in [6, 6.07) is 0. The summed E-state index contributed by atoms with van der Waals surface area (Å²) in [5.74, 6) is -0.0838. The Kier molecular flexibility index (Phi) is 5.84. The van der Waals surface area contributed by atoms with Gasteiger partial charge in [-0.15, -0.1) is 5.10 Å². The van der Waals surface area contributed by atoms with Crippen molar-refractivity contribution in [2.24, 2.45) is 5.73 Å². The summed E-state index contributed by atoms with van der Waals surface area (Å²) in [6.45, 7) is 4.45. The molecule has 0 saturated carbocycles. The fourth-order valence-electron chi connectivity index (χ4n) is 3.07. The van der Waals surface area contributed by atoms with E-state index in [-0.39, 0.29) is 24.7 Å². The van der Waals surface area contributed by atoms with Gasteiger partial charge in [0.1, 0.15) is 0 Å². The topological polar surface area (TPSA) is 115 Å². The predicted molar refractivity (Wildman–Crippen MR) is 90.5 cm³/mol. The molecule has 0 aromatic carbocycles.